The van der Waals surface area contributed by atoms with Crippen LogP contribution in [0.2, 0.25) is 10.0 Å². The lowest BCUT2D eigenvalue weighted by Crippen LogP contribution is -2.51. The van der Waals surface area contributed by atoms with Crippen molar-refractivity contribution in [1.29, 1.82) is 0 Å². The molecule has 0 radical (unpaired) electrons. The Balaban J connectivity index is 2.17. The SMILES string of the molecule is CCC(C)NC(=O)C(CC)N(Cc1ccc(Cl)cc1Cl)C(=O)CSCc1ccc(F)cc1. The Morgan fingerprint density at radius 1 is 1.09 bits per heavy atom. The second kappa shape index (κ2) is 13.1. The van der Waals surface area contributed by atoms with Crippen LogP contribution in [0.25, 0.3) is 0 Å². The van der Waals surface area contributed by atoms with Crippen LogP contribution in [-0.2, 0) is 21.9 Å². The van der Waals surface area contributed by atoms with Crippen molar-refractivity contribution in [1.82, 2.24) is 10.2 Å². The van der Waals surface area contributed by atoms with Crippen molar-refractivity contribution >= 4 is 46.8 Å². The summed E-state index contributed by atoms with van der Waals surface area (Å²) < 4.78 is 13.1. The van der Waals surface area contributed by atoms with Gasteiger partial charge in [0, 0.05) is 28.4 Å². The summed E-state index contributed by atoms with van der Waals surface area (Å²) in [6.07, 6.45) is 1.27. The largest absolute Gasteiger partial charge is 0.352 e. The van der Waals surface area contributed by atoms with Crippen LogP contribution in [0.4, 0.5) is 4.39 Å². The van der Waals surface area contributed by atoms with Crippen molar-refractivity contribution in [2.45, 2.75) is 58.0 Å². The zero-order chi connectivity index (χ0) is 23.7. The summed E-state index contributed by atoms with van der Waals surface area (Å²) in [4.78, 5) is 27.8. The van der Waals surface area contributed by atoms with E-state index < -0.39 is 6.04 Å². The number of rotatable bonds is 11. The molecule has 2 amide bonds. The molecular weight excluding hydrogens is 470 g/mol. The molecule has 0 aliphatic rings. The third kappa shape index (κ3) is 7.98. The Labute approximate surface area is 203 Å². The van der Waals surface area contributed by atoms with Crippen LogP contribution in [0.1, 0.15) is 44.7 Å². The Kier molecular flexibility index (Phi) is 10.8. The molecule has 0 saturated carbocycles. The maximum Gasteiger partial charge on any atom is 0.243 e. The number of thioether (sulfide) groups is 1. The summed E-state index contributed by atoms with van der Waals surface area (Å²) in [6.45, 7) is 6.02. The molecule has 0 spiro atoms. The van der Waals surface area contributed by atoms with Gasteiger partial charge in [0.25, 0.3) is 0 Å². The van der Waals surface area contributed by atoms with Crippen LogP contribution in [-0.4, -0.2) is 34.6 Å². The first kappa shape index (κ1) is 26.5. The first-order valence-electron chi connectivity index (χ1n) is 10.6. The van der Waals surface area contributed by atoms with Crippen LogP contribution in [0, 0.1) is 5.82 Å². The van der Waals surface area contributed by atoms with Gasteiger partial charge in [0.2, 0.25) is 11.8 Å². The van der Waals surface area contributed by atoms with Crippen molar-refractivity contribution in [3.63, 3.8) is 0 Å². The van der Waals surface area contributed by atoms with Gasteiger partial charge in [0.15, 0.2) is 0 Å². The van der Waals surface area contributed by atoms with Crippen molar-refractivity contribution < 1.29 is 14.0 Å². The molecule has 174 valence electrons. The van der Waals surface area contributed by atoms with Crippen LogP contribution < -0.4 is 5.32 Å². The van der Waals surface area contributed by atoms with E-state index in [0.29, 0.717) is 22.2 Å². The molecule has 0 aliphatic carbocycles. The minimum absolute atomic E-state index is 0.0143. The van der Waals surface area contributed by atoms with Gasteiger partial charge in [0.05, 0.1) is 5.75 Å². The fraction of sp³-hybridized carbons (Fsp3) is 0.417. The summed E-state index contributed by atoms with van der Waals surface area (Å²) in [5.41, 5.74) is 1.65. The van der Waals surface area contributed by atoms with Gasteiger partial charge in [0.1, 0.15) is 11.9 Å². The fourth-order valence-corrected chi connectivity index (χ4v) is 4.45. The minimum atomic E-state index is -0.616. The number of carbonyl (C=O) groups excluding carboxylic acids is 2. The highest BCUT2D eigenvalue weighted by Crippen LogP contribution is 2.24. The molecule has 0 heterocycles. The lowest BCUT2D eigenvalue weighted by molar-refractivity contribution is -0.139. The predicted octanol–water partition coefficient (Wildman–Crippen LogP) is 6.09. The average molecular weight is 499 g/mol. The van der Waals surface area contributed by atoms with E-state index in [4.69, 9.17) is 23.2 Å². The van der Waals surface area contributed by atoms with E-state index in [9.17, 15) is 14.0 Å². The van der Waals surface area contributed by atoms with E-state index in [2.05, 4.69) is 5.32 Å². The number of halogens is 3. The van der Waals surface area contributed by atoms with Crippen LogP contribution in [0.5, 0.6) is 0 Å². The molecule has 0 aromatic heterocycles. The molecule has 2 rings (SSSR count). The number of nitrogens with zero attached hydrogens (tertiary/aromatic N) is 1. The molecule has 32 heavy (non-hydrogen) atoms. The van der Waals surface area contributed by atoms with Crippen molar-refractivity contribution in [3.05, 3.63) is 69.5 Å². The molecule has 1 N–H and O–H groups in total. The summed E-state index contributed by atoms with van der Waals surface area (Å²) in [5, 5.41) is 3.94. The van der Waals surface area contributed by atoms with Gasteiger partial charge in [-0.1, -0.05) is 55.2 Å². The quantitative estimate of drug-likeness (QED) is 0.407. The second-order valence-electron chi connectivity index (χ2n) is 7.62. The van der Waals surface area contributed by atoms with Gasteiger partial charge in [-0.05, 0) is 55.2 Å². The Morgan fingerprint density at radius 2 is 1.78 bits per heavy atom. The van der Waals surface area contributed by atoms with E-state index in [1.165, 1.54) is 23.9 Å². The highest BCUT2D eigenvalue weighted by atomic mass is 35.5. The fourth-order valence-electron chi connectivity index (χ4n) is 3.11. The van der Waals surface area contributed by atoms with Gasteiger partial charge in [-0.3, -0.25) is 9.59 Å². The first-order valence-corrected chi connectivity index (χ1v) is 12.5. The first-order chi connectivity index (χ1) is 15.2. The maximum atomic E-state index is 13.2. The third-order valence-electron chi connectivity index (χ3n) is 5.15. The van der Waals surface area contributed by atoms with E-state index in [1.807, 2.05) is 20.8 Å². The topological polar surface area (TPSA) is 49.4 Å². The minimum Gasteiger partial charge on any atom is -0.352 e. The third-order valence-corrected chi connectivity index (χ3v) is 6.73. The lowest BCUT2D eigenvalue weighted by atomic mass is 10.1. The number of amides is 2. The summed E-state index contributed by atoms with van der Waals surface area (Å²) >= 11 is 13.8. The highest BCUT2D eigenvalue weighted by molar-refractivity contribution is 7.99. The number of hydrogen-bond acceptors (Lipinski definition) is 3. The van der Waals surface area contributed by atoms with E-state index in [1.54, 1.807) is 35.2 Å². The monoisotopic (exact) mass is 498 g/mol. The number of hydrogen-bond donors (Lipinski definition) is 1. The molecule has 2 atom stereocenters. The zero-order valence-corrected chi connectivity index (χ0v) is 20.9. The molecule has 2 unspecified atom stereocenters. The molecule has 0 bridgehead atoms. The summed E-state index contributed by atoms with van der Waals surface area (Å²) in [7, 11) is 0. The summed E-state index contributed by atoms with van der Waals surface area (Å²) in [6, 6.07) is 10.7. The Morgan fingerprint density at radius 3 is 2.38 bits per heavy atom. The Hall–Kier alpha value is -1.76. The van der Waals surface area contributed by atoms with Gasteiger partial charge < -0.3 is 10.2 Å². The lowest BCUT2D eigenvalue weighted by Gasteiger charge is -2.31. The van der Waals surface area contributed by atoms with Gasteiger partial charge in [-0.2, -0.15) is 0 Å². The molecule has 8 heteroatoms. The predicted molar refractivity (Wildman–Crippen MR) is 132 cm³/mol. The second-order valence-corrected chi connectivity index (χ2v) is 9.45. The molecular formula is C24H29Cl2FN2O2S. The van der Waals surface area contributed by atoms with Gasteiger partial charge in [-0.25, -0.2) is 4.39 Å². The van der Waals surface area contributed by atoms with Crippen molar-refractivity contribution in [2.75, 3.05) is 5.75 Å². The normalized spacial score (nSPS) is 12.8. The molecule has 2 aromatic carbocycles. The molecule has 0 aliphatic heterocycles. The zero-order valence-electron chi connectivity index (χ0n) is 18.5. The van der Waals surface area contributed by atoms with Crippen molar-refractivity contribution in [2.24, 2.45) is 0 Å². The average Bonchev–Trinajstić information content (AvgIpc) is 2.76. The number of carbonyl (C=O) groups is 2. The molecule has 0 fully saturated rings. The molecule has 0 saturated heterocycles. The summed E-state index contributed by atoms with van der Waals surface area (Å²) in [5.74, 6) is 0.129. The van der Waals surface area contributed by atoms with Crippen LogP contribution in [0.15, 0.2) is 42.5 Å². The van der Waals surface area contributed by atoms with Crippen molar-refractivity contribution in [3.8, 4) is 0 Å². The molecule has 2 aromatic rings. The number of nitrogens with one attached hydrogen (secondary N) is 1. The van der Waals surface area contributed by atoms with E-state index >= 15 is 0 Å². The highest BCUT2D eigenvalue weighted by Gasteiger charge is 2.29. The van der Waals surface area contributed by atoms with Crippen LogP contribution in [0.3, 0.4) is 0 Å². The maximum absolute atomic E-state index is 13.2. The standard InChI is InChI=1S/C24H29Cl2FN2O2S/c1-4-16(3)28-24(31)22(5-2)29(13-18-8-9-19(25)12-21(18)26)23(30)15-32-14-17-6-10-20(27)11-7-17/h6-12,16,22H,4-5,13-15H2,1-3H3,(H,28,31). The Bertz CT molecular complexity index is 911. The molecule has 4 nitrogen and oxygen atoms in total. The number of benzene rings is 2. The van der Waals surface area contributed by atoms with Gasteiger partial charge in [-0.15, -0.1) is 11.8 Å². The van der Waals surface area contributed by atoms with Crippen LogP contribution >= 0.6 is 35.0 Å². The van der Waals surface area contributed by atoms with Gasteiger partial charge >= 0.3 is 0 Å². The van der Waals surface area contributed by atoms with E-state index in [0.717, 1.165) is 17.5 Å². The van der Waals surface area contributed by atoms with E-state index in [-0.39, 0.29) is 36.0 Å². The smallest absolute Gasteiger partial charge is 0.243 e.